The predicted octanol–water partition coefficient (Wildman–Crippen LogP) is 5.58. The Hall–Kier alpha value is -5.11. The summed E-state index contributed by atoms with van der Waals surface area (Å²) in [6, 6.07) is 24.9. The Labute approximate surface area is 228 Å². The molecule has 0 bridgehead atoms. The summed E-state index contributed by atoms with van der Waals surface area (Å²) in [5, 5.41) is 13.4. The zero-order chi connectivity index (χ0) is 27.7. The molecule has 0 saturated carbocycles. The van der Waals surface area contributed by atoms with E-state index in [1.807, 2.05) is 66.7 Å². The highest BCUT2D eigenvalue weighted by Gasteiger charge is 2.60. The van der Waals surface area contributed by atoms with Crippen LogP contribution >= 0.6 is 0 Å². The van der Waals surface area contributed by atoms with E-state index >= 15 is 0 Å². The molecular formula is C32H22N2O6. The van der Waals surface area contributed by atoms with Crippen molar-refractivity contribution in [3.05, 3.63) is 118 Å². The number of non-ortho nitro benzene ring substituents is 1. The Morgan fingerprint density at radius 1 is 0.850 bits per heavy atom. The Kier molecular flexibility index (Phi) is 5.22. The summed E-state index contributed by atoms with van der Waals surface area (Å²) in [6.45, 7) is 1.69. The molecule has 3 aliphatic rings. The number of nitro groups is 1. The van der Waals surface area contributed by atoms with Crippen molar-refractivity contribution in [1.82, 2.24) is 0 Å². The van der Waals surface area contributed by atoms with Crippen LogP contribution in [0.5, 0.6) is 5.75 Å². The van der Waals surface area contributed by atoms with Crippen LogP contribution in [0.15, 0.2) is 91.0 Å². The molecule has 8 heteroatoms. The van der Waals surface area contributed by atoms with Gasteiger partial charge in [0.15, 0.2) is 0 Å². The van der Waals surface area contributed by atoms with E-state index in [2.05, 4.69) is 0 Å². The van der Waals surface area contributed by atoms with Crippen molar-refractivity contribution in [3.63, 3.8) is 0 Å². The fourth-order valence-corrected chi connectivity index (χ4v) is 6.52. The number of rotatable bonds is 3. The van der Waals surface area contributed by atoms with Crippen molar-refractivity contribution in [3.8, 4) is 5.75 Å². The molecule has 2 aliphatic heterocycles. The molecule has 0 spiro atoms. The lowest BCUT2D eigenvalue weighted by Crippen LogP contribution is -2.42. The van der Waals surface area contributed by atoms with Gasteiger partial charge >= 0.3 is 5.97 Å². The van der Waals surface area contributed by atoms with Gasteiger partial charge in [-0.3, -0.25) is 24.5 Å². The Balaban J connectivity index is 1.46. The number of nitro benzene ring substituents is 1. The lowest BCUT2D eigenvalue weighted by atomic mass is 9.64. The fraction of sp³-hybridized carbons (Fsp3) is 0.156. The number of amides is 2. The lowest BCUT2D eigenvalue weighted by Gasteiger charge is -2.38. The molecule has 40 heavy (non-hydrogen) atoms. The molecule has 196 valence electrons. The minimum absolute atomic E-state index is 0.155. The number of ether oxygens (including phenoxy) is 1. The van der Waals surface area contributed by atoms with E-state index in [1.165, 1.54) is 18.2 Å². The largest absolute Gasteiger partial charge is 0.425 e. The number of allylic oxidation sites excluding steroid dienone is 1. The molecule has 4 aromatic rings. The summed E-state index contributed by atoms with van der Waals surface area (Å²) >= 11 is 0. The second kappa shape index (κ2) is 8.71. The summed E-state index contributed by atoms with van der Waals surface area (Å²) < 4.78 is 5.81. The average Bonchev–Trinajstić information content (AvgIpc) is 3.22. The first-order valence-electron chi connectivity index (χ1n) is 13.0. The van der Waals surface area contributed by atoms with E-state index in [0.717, 1.165) is 26.8 Å². The first-order chi connectivity index (χ1) is 19.3. The summed E-state index contributed by atoms with van der Waals surface area (Å²) in [5.41, 5.74) is 2.71. The number of carbonyl (C=O) groups is 3. The molecule has 1 saturated heterocycles. The molecule has 7 rings (SSSR count). The highest BCUT2D eigenvalue weighted by molar-refractivity contribution is 6.25. The number of benzene rings is 4. The Bertz CT molecular complexity index is 1810. The maximum atomic E-state index is 14.2. The van der Waals surface area contributed by atoms with Crippen molar-refractivity contribution in [1.29, 1.82) is 0 Å². The number of anilines is 1. The van der Waals surface area contributed by atoms with E-state index in [-0.39, 0.29) is 11.4 Å². The molecule has 1 fully saturated rings. The van der Waals surface area contributed by atoms with Crippen LogP contribution < -0.4 is 9.64 Å². The summed E-state index contributed by atoms with van der Waals surface area (Å²) in [6.07, 6.45) is 1.95. The standard InChI is InChI=1S/C32H22N2O6/c1-17-11-13-20(34(38)39)15-24(17)33-30(35)27-22(18-7-3-2-4-8-18)16-23-26-21-10-6-5-9-19(21)12-14-25(26)40-32(37)28(23)29(27)31(33)36/h2-16,22,27-29H,1H3/t22-,27-,28+,29-/m0/s1. The van der Waals surface area contributed by atoms with Gasteiger partial charge in [-0.1, -0.05) is 72.8 Å². The first kappa shape index (κ1) is 24.0. The van der Waals surface area contributed by atoms with Gasteiger partial charge in [-0.15, -0.1) is 0 Å². The molecule has 4 atom stereocenters. The molecule has 0 N–H and O–H groups in total. The van der Waals surface area contributed by atoms with Gasteiger partial charge in [-0.05, 0) is 40.5 Å². The van der Waals surface area contributed by atoms with Gasteiger partial charge in [0.25, 0.3) is 5.69 Å². The quantitative estimate of drug-likeness (QED) is 0.113. The number of hydrogen-bond donors (Lipinski definition) is 0. The van der Waals surface area contributed by atoms with Crippen molar-refractivity contribution in [2.24, 2.45) is 17.8 Å². The zero-order valence-corrected chi connectivity index (χ0v) is 21.3. The van der Waals surface area contributed by atoms with Crippen molar-refractivity contribution in [2.75, 3.05) is 4.90 Å². The second-order valence-electron chi connectivity index (χ2n) is 10.4. The molecule has 4 aromatic carbocycles. The third-order valence-electron chi connectivity index (χ3n) is 8.31. The Morgan fingerprint density at radius 3 is 2.35 bits per heavy atom. The number of hydrogen-bond acceptors (Lipinski definition) is 6. The first-order valence-corrected chi connectivity index (χ1v) is 13.0. The number of aryl methyl sites for hydroxylation is 1. The van der Waals surface area contributed by atoms with E-state index < -0.39 is 46.4 Å². The highest BCUT2D eigenvalue weighted by Crippen LogP contribution is 2.56. The smallest absolute Gasteiger partial charge is 0.319 e. The van der Waals surface area contributed by atoms with E-state index in [4.69, 9.17) is 4.74 Å². The number of fused-ring (bicyclic) bond motifs is 7. The highest BCUT2D eigenvalue weighted by atomic mass is 16.6. The maximum Gasteiger partial charge on any atom is 0.319 e. The van der Waals surface area contributed by atoms with Crippen LogP contribution in [0.3, 0.4) is 0 Å². The van der Waals surface area contributed by atoms with Crippen LogP contribution in [-0.4, -0.2) is 22.7 Å². The van der Waals surface area contributed by atoms with Crippen molar-refractivity contribution in [2.45, 2.75) is 12.8 Å². The number of esters is 1. The maximum absolute atomic E-state index is 14.2. The summed E-state index contributed by atoms with van der Waals surface area (Å²) in [5.74, 6) is -4.63. The monoisotopic (exact) mass is 530 g/mol. The topological polar surface area (TPSA) is 107 Å². The Morgan fingerprint density at radius 2 is 1.57 bits per heavy atom. The fourth-order valence-electron chi connectivity index (χ4n) is 6.52. The van der Waals surface area contributed by atoms with Gasteiger partial charge in [-0.25, -0.2) is 4.90 Å². The van der Waals surface area contributed by atoms with Gasteiger partial charge in [-0.2, -0.15) is 0 Å². The van der Waals surface area contributed by atoms with Crippen LogP contribution in [0.4, 0.5) is 11.4 Å². The third kappa shape index (κ3) is 3.35. The van der Waals surface area contributed by atoms with Crippen molar-refractivity contribution >= 4 is 45.5 Å². The molecule has 2 amide bonds. The van der Waals surface area contributed by atoms with E-state index in [0.29, 0.717) is 16.9 Å². The van der Waals surface area contributed by atoms with Crippen LogP contribution in [0.25, 0.3) is 16.3 Å². The lowest BCUT2D eigenvalue weighted by molar-refractivity contribution is -0.384. The normalized spacial score (nSPS) is 23.3. The zero-order valence-electron chi connectivity index (χ0n) is 21.3. The minimum Gasteiger partial charge on any atom is -0.425 e. The van der Waals surface area contributed by atoms with Gasteiger partial charge < -0.3 is 4.74 Å². The van der Waals surface area contributed by atoms with Crippen molar-refractivity contribution < 1.29 is 24.0 Å². The van der Waals surface area contributed by atoms with Gasteiger partial charge in [0.05, 0.1) is 28.4 Å². The third-order valence-corrected chi connectivity index (χ3v) is 8.31. The molecular weight excluding hydrogens is 508 g/mol. The second-order valence-corrected chi connectivity index (χ2v) is 10.4. The number of imide groups is 1. The van der Waals surface area contributed by atoms with Gasteiger partial charge in [0.2, 0.25) is 11.8 Å². The van der Waals surface area contributed by atoms with Crippen LogP contribution in [0.2, 0.25) is 0 Å². The van der Waals surface area contributed by atoms with Crippen LogP contribution in [0, 0.1) is 34.8 Å². The molecule has 1 aliphatic carbocycles. The molecule has 2 heterocycles. The SMILES string of the molecule is Cc1ccc([N+](=O)[O-])cc1N1C(=O)[C@@H]2[C@@H]3C(=O)Oc4ccc5ccccc5c4C3=C[C@@H](c3ccccc3)[C@@H]2C1=O. The van der Waals surface area contributed by atoms with E-state index in [1.54, 1.807) is 13.0 Å². The number of nitrogens with zero attached hydrogens (tertiary/aromatic N) is 2. The molecule has 0 radical (unpaired) electrons. The molecule has 0 unspecified atom stereocenters. The van der Waals surface area contributed by atoms with E-state index in [9.17, 15) is 24.5 Å². The summed E-state index contributed by atoms with van der Waals surface area (Å²) in [7, 11) is 0. The molecule has 0 aromatic heterocycles. The summed E-state index contributed by atoms with van der Waals surface area (Å²) in [4.78, 5) is 54.0. The van der Waals surface area contributed by atoms with Gasteiger partial charge in [0, 0.05) is 23.6 Å². The molecule has 8 nitrogen and oxygen atoms in total. The van der Waals surface area contributed by atoms with Crippen LogP contribution in [-0.2, 0) is 14.4 Å². The minimum atomic E-state index is -1.03. The average molecular weight is 531 g/mol. The predicted molar refractivity (Wildman–Crippen MR) is 148 cm³/mol. The van der Waals surface area contributed by atoms with Crippen LogP contribution in [0.1, 0.15) is 22.6 Å². The van der Waals surface area contributed by atoms with Gasteiger partial charge in [0.1, 0.15) is 5.75 Å². The number of carbonyl (C=O) groups excluding carboxylic acids is 3.